The summed E-state index contributed by atoms with van der Waals surface area (Å²) in [5.74, 6) is 10.0. The lowest BCUT2D eigenvalue weighted by atomic mass is 9.75. The molecule has 6 N–H and O–H groups in total. The first-order valence-electron chi connectivity index (χ1n) is 14.8. The molecule has 258 valence electrons. The fourth-order valence-electron chi connectivity index (χ4n) is 7.04. The summed E-state index contributed by atoms with van der Waals surface area (Å²) in [4.78, 5) is 27.2. The molecule has 16 heteroatoms. The molecule has 4 aromatic rings. The van der Waals surface area contributed by atoms with E-state index >= 15 is 0 Å². The van der Waals surface area contributed by atoms with Crippen LogP contribution in [-0.2, 0) is 29.7 Å². The molecule has 0 aromatic heterocycles. The van der Waals surface area contributed by atoms with Crippen LogP contribution in [0.3, 0.4) is 0 Å². The van der Waals surface area contributed by atoms with Crippen molar-refractivity contribution in [2.75, 3.05) is 12.5 Å². The standard InChI is InChI=1S/C34H30N4O8S4/c1-47-29-15-19(11-13-25(29)33(49(41,42)43)17-27(37-35)31(39)21-7-3-5-9-23(21)33)20-12-14-26(30(16-20)48-2)34(50(44,45)46)18-28(38-36)32(40)22-8-4-6-10-24(22)34/h3-16H,17-18,35-36H2,1-2H3,(H,41,42,43)(H,44,45,46). The third-order valence-corrected chi connectivity index (χ3v) is 13.9. The van der Waals surface area contributed by atoms with E-state index in [4.69, 9.17) is 11.7 Å². The molecule has 0 spiro atoms. The molecule has 2 aliphatic carbocycles. The minimum absolute atomic E-state index is 0.0542. The van der Waals surface area contributed by atoms with Crippen LogP contribution in [0.15, 0.2) is 105 Å². The molecular formula is C34H30N4O8S4. The fraction of sp³-hybridized carbons (Fsp3) is 0.176. The SMILES string of the molecule is CSc1cc(-c2ccc(C3(S(=O)(=O)O)CC(=NN)C(=O)c4ccccc43)c(SC)c2)ccc1C1(S(=O)(=O)O)CC(=NN)C(=O)c2ccccc21. The first-order valence-corrected chi connectivity index (χ1v) is 20.2. The molecule has 2 unspecified atom stereocenters. The Morgan fingerprint density at radius 2 is 0.960 bits per heavy atom. The number of Topliss-reactive ketones (excluding diaryl/α,β-unsaturated/α-hetero) is 2. The first kappa shape index (κ1) is 35.5. The topological polar surface area (TPSA) is 220 Å². The highest BCUT2D eigenvalue weighted by Gasteiger charge is 2.55. The van der Waals surface area contributed by atoms with E-state index in [0.717, 1.165) is 0 Å². The van der Waals surface area contributed by atoms with Gasteiger partial charge in [0.25, 0.3) is 20.2 Å². The fourth-order valence-corrected chi connectivity index (χ4v) is 11.0. The lowest BCUT2D eigenvalue weighted by Crippen LogP contribution is -2.46. The minimum atomic E-state index is -4.94. The van der Waals surface area contributed by atoms with Crippen LogP contribution in [-0.4, -0.2) is 61.4 Å². The number of carbonyl (C=O) groups excluding carboxylic acids is 2. The van der Waals surface area contributed by atoms with Gasteiger partial charge in [-0.3, -0.25) is 18.7 Å². The van der Waals surface area contributed by atoms with Crippen LogP contribution >= 0.6 is 23.5 Å². The van der Waals surface area contributed by atoms with Crippen molar-refractivity contribution < 1.29 is 35.5 Å². The van der Waals surface area contributed by atoms with Crippen molar-refractivity contribution in [3.63, 3.8) is 0 Å². The Hall–Kier alpha value is -4.32. The highest BCUT2D eigenvalue weighted by molar-refractivity contribution is 7.99. The number of nitrogens with two attached hydrogens (primary N) is 2. The van der Waals surface area contributed by atoms with Crippen LogP contribution < -0.4 is 11.7 Å². The zero-order valence-electron chi connectivity index (χ0n) is 26.5. The van der Waals surface area contributed by atoms with Crippen molar-refractivity contribution in [1.82, 2.24) is 0 Å². The zero-order valence-corrected chi connectivity index (χ0v) is 29.8. The number of benzene rings is 4. The average Bonchev–Trinajstić information content (AvgIpc) is 3.11. The van der Waals surface area contributed by atoms with Crippen LogP contribution in [0.2, 0.25) is 0 Å². The number of nitrogens with zero attached hydrogens (tertiary/aromatic N) is 2. The normalized spacial score (nSPS) is 22.4. The monoisotopic (exact) mass is 750 g/mol. The van der Waals surface area contributed by atoms with Gasteiger partial charge in [0.05, 0.1) is 0 Å². The van der Waals surface area contributed by atoms with Gasteiger partial charge < -0.3 is 11.7 Å². The minimum Gasteiger partial charge on any atom is -0.323 e. The van der Waals surface area contributed by atoms with Crippen LogP contribution in [0.1, 0.15) is 55.8 Å². The Morgan fingerprint density at radius 3 is 1.28 bits per heavy atom. The molecule has 2 aliphatic rings. The summed E-state index contributed by atoms with van der Waals surface area (Å²) in [6.45, 7) is 0. The summed E-state index contributed by atoms with van der Waals surface area (Å²) in [6, 6.07) is 22.1. The molecule has 0 heterocycles. The number of fused-ring (bicyclic) bond motifs is 2. The van der Waals surface area contributed by atoms with Gasteiger partial charge in [-0.05, 0) is 58.0 Å². The number of hydrogen-bond donors (Lipinski definition) is 4. The number of thioether (sulfide) groups is 2. The Kier molecular flexibility index (Phi) is 9.07. The van der Waals surface area contributed by atoms with Gasteiger partial charge in [0, 0.05) is 33.8 Å². The Labute approximate surface area is 296 Å². The number of rotatable bonds is 7. The van der Waals surface area contributed by atoms with Crippen LogP contribution in [0.25, 0.3) is 11.1 Å². The van der Waals surface area contributed by atoms with Gasteiger partial charge in [-0.25, -0.2) is 0 Å². The van der Waals surface area contributed by atoms with E-state index in [-0.39, 0.29) is 44.8 Å². The zero-order chi connectivity index (χ0) is 36.2. The second kappa shape index (κ2) is 12.8. The molecule has 12 nitrogen and oxygen atoms in total. The van der Waals surface area contributed by atoms with E-state index in [0.29, 0.717) is 20.9 Å². The van der Waals surface area contributed by atoms with Gasteiger partial charge in [0.15, 0.2) is 9.49 Å². The smallest absolute Gasteiger partial charge is 0.279 e. The summed E-state index contributed by atoms with van der Waals surface area (Å²) in [7, 11) is -9.89. The molecular weight excluding hydrogens is 721 g/mol. The molecule has 0 amide bonds. The van der Waals surface area contributed by atoms with Crippen molar-refractivity contribution >= 4 is 66.7 Å². The van der Waals surface area contributed by atoms with Gasteiger partial charge in [-0.15, -0.1) is 23.5 Å². The van der Waals surface area contributed by atoms with E-state index in [1.807, 2.05) is 0 Å². The van der Waals surface area contributed by atoms with E-state index in [2.05, 4.69) is 10.2 Å². The van der Waals surface area contributed by atoms with E-state index in [1.54, 1.807) is 73.2 Å². The molecule has 0 saturated carbocycles. The summed E-state index contributed by atoms with van der Waals surface area (Å²) >= 11 is 2.45. The molecule has 6 rings (SSSR count). The third kappa shape index (κ3) is 5.20. The van der Waals surface area contributed by atoms with E-state index in [9.17, 15) is 35.5 Å². The lowest BCUT2D eigenvalue weighted by Gasteiger charge is -2.38. The molecule has 4 aromatic carbocycles. The van der Waals surface area contributed by atoms with Crippen molar-refractivity contribution in [3.8, 4) is 11.1 Å². The van der Waals surface area contributed by atoms with Gasteiger partial charge in [-0.1, -0.05) is 72.8 Å². The largest absolute Gasteiger partial charge is 0.323 e. The maximum atomic E-state index is 13.4. The second-order valence-electron chi connectivity index (χ2n) is 11.7. The highest BCUT2D eigenvalue weighted by Crippen LogP contribution is 2.51. The predicted molar refractivity (Wildman–Crippen MR) is 194 cm³/mol. The second-order valence-corrected chi connectivity index (χ2v) is 16.7. The Balaban J connectivity index is 1.55. The summed E-state index contributed by atoms with van der Waals surface area (Å²) < 4.78 is 71.3. The summed E-state index contributed by atoms with van der Waals surface area (Å²) in [5, 5.41) is 7.18. The molecule has 0 radical (unpaired) electrons. The maximum Gasteiger partial charge on any atom is 0.279 e. The van der Waals surface area contributed by atoms with Gasteiger partial charge >= 0.3 is 0 Å². The van der Waals surface area contributed by atoms with Crippen LogP contribution in [0, 0.1) is 0 Å². The quantitative estimate of drug-likeness (QED) is 0.0861. The van der Waals surface area contributed by atoms with Gasteiger partial charge in [0.2, 0.25) is 11.6 Å². The molecule has 50 heavy (non-hydrogen) atoms. The number of hydrogen-bond acceptors (Lipinski definition) is 12. The number of carbonyl (C=O) groups is 2. The Bertz CT molecular complexity index is 2230. The molecule has 0 bridgehead atoms. The van der Waals surface area contributed by atoms with E-state index < -0.39 is 54.1 Å². The molecule has 0 aliphatic heterocycles. The maximum absolute atomic E-state index is 13.4. The summed E-state index contributed by atoms with van der Waals surface area (Å²) in [6.07, 6.45) is 2.49. The van der Waals surface area contributed by atoms with Crippen molar-refractivity contribution in [2.24, 2.45) is 21.9 Å². The molecule has 0 saturated heterocycles. The highest BCUT2D eigenvalue weighted by atomic mass is 32.2. The first-order chi connectivity index (χ1) is 23.7. The third-order valence-electron chi connectivity index (χ3n) is 9.37. The van der Waals surface area contributed by atoms with Crippen molar-refractivity contribution in [3.05, 3.63) is 118 Å². The Morgan fingerprint density at radius 1 is 0.600 bits per heavy atom. The number of ketones is 2. The predicted octanol–water partition coefficient (Wildman–Crippen LogP) is 4.86. The van der Waals surface area contributed by atoms with Crippen molar-refractivity contribution in [1.29, 1.82) is 0 Å². The summed E-state index contributed by atoms with van der Waals surface area (Å²) in [5.41, 5.74) is 1.53. The van der Waals surface area contributed by atoms with Crippen molar-refractivity contribution in [2.45, 2.75) is 32.1 Å². The lowest BCUT2D eigenvalue weighted by molar-refractivity contribution is 0.104. The van der Waals surface area contributed by atoms with Gasteiger partial charge in [-0.2, -0.15) is 27.0 Å². The molecule has 2 atom stereocenters. The number of hydrazone groups is 2. The van der Waals surface area contributed by atoms with Crippen LogP contribution in [0.5, 0.6) is 0 Å². The molecule has 0 fully saturated rings. The van der Waals surface area contributed by atoms with Crippen LogP contribution in [0.4, 0.5) is 0 Å². The van der Waals surface area contributed by atoms with E-state index in [1.165, 1.54) is 47.8 Å². The average molecular weight is 751 g/mol. The van der Waals surface area contributed by atoms with Gasteiger partial charge in [0.1, 0.15) is 11.4 Å².